The zero-order chi connectivity index (χ0) is 18.2. The normalized spacial score (nSPS) is 11.5. The van der Waals surface area contributed by atoms with Crippen molar-refractivity contribution in [3.05, 3.63) is 47.0 Å². The third-order valence-electron chi connectivity index (χ3n) is 3.32. The highest BCUT2D eigenvalue weighted by Crippen LogP contribution is 2.29. The van der Waals surface area contributed by atoms with E-state index in [0.29, 0.717) is 26.1 Å². The summed E-state index contributed by atoms with van der Waals surface area (Å²) in [5, 5.41) is 8.48. The minimum atomic E-state index is -3.80. The SMILES string of the molecule is COc1ccc(Cl)cc1C(=O)Nc1nc2ccc(S(N)(=O)=O)cc2s1. The molecule has 0 saturated carbocycles. The molecule has 0 spiro atoms. The Morgan fingerprint density at radius 3 is 2.72 bits per heavy atom. The van der Waals surface area contributed by atoms with Crippen LogP contribution in [0.1, 0.15) is 10.4 Å². The molecule has 1 amide bonds. The third-order valence-corrected chi connectivity index (χ3v) is 5.39. The molecule has 0 radical (unpaired) electrons. The monoisotopic (exact) mass is 397 g/mol. The fourth-order valence-corrected chi connectivity index (χ4v) is 3.84. The number of aromatic nitrogens is 1. The van der Waals surface area contributed by atoms with Gasteiger partial charge in [0.2, 0.25) is 10.0 Å². The number of halogens is 1. The van der Waals surface area contributed by atoms with E-state index in [-0.39, 0.29) is 10.5 Å². The maximum Gasteiger partial charge on any atom is 0.261 e. The Kier molecular flexibility index (Phi) is 4.65. The summed E-state index contributed by atoms with van der Waals surface area (Å²) in [7, 11) is -2.35. The standard InChI is InChI=1S/C15H12ClN3O4S2/c1-23-12-5-2-8(16)6-10(12)14(20)19-15-18-11-4-3-9(25(17,21)22)7-13(11)24-15/h2-7H,1H3,(H2,17,21,22)(H,18,19,20). The second-order valence-corrected chi connectivity index (χ2v) is 8.02. The highest BCUT2D eigenvalue weighted by atomic mass is 35.5. The Labute approximate surface area is 152 Å². The lowest BCUT2D eigenvalue weighted by Gasteiger charge is -2.08. The topological polar surface area (TPSA) is 111 Å². The lowest BCUT2D eigenvalue weighted by molar-refractivity contribution is 0.102. The number of hydrogen-bond donors (Lipinski definition) is 2. The second-order valence-electron chi connectivity index (χ2n) is 4.99. The summed E-state index contributed by atoms with van der Waals surface area (Å²) in [5.74, 6) is -0.0652. The first kappa shape index (κ1) is 17.6. The number of primary sulfonamides is 1. The molecule has 25 heavy (non-hydrogen) atoms. The number of ether oxygens (including phenoxy) is 1. The van der Waals surface area contributed by atoms with Crippen molar-refractivity contribution >= 4 is 54.2 Å². The van der Waals surface area contributed by atoms with Gasteiger partial charge >= 0.3 is 0 Å². The van der Waals surface area contributed by atoms with Crippen LogP contribution in [-0.2, 0) is 10.0 Å². The van der Waals surface area contributed by atoms with Crippen molar-refractivity contribution in [3.8, 4) is 5.75 Å². The highest BCUT2D eigenvalue weighted by molar-refractivity contribution is 7.89. The van der Waals surface area contributed by atoms with E-state index in [1.165, 1.54) is 31.4 Å². The summed E-state index contributed by atoms with van der Waals surface area (Å²) >= 11 is 7.06. The number of nitrogens with zero attached hydrogens (tertiary/aromatic N) is 1. The molecule has 10 heteroatoms. The molecular formula is C15H12ClN3O4S2. The lowest BCUT2D eigenvalue weighted by Crippen LogP contribution is -2.13. The van der Waals surface area contributed by atoms with Crippen LogP contribution in [0.2, 0.25) is 5.02 Å². The quantitative estimate of drug-likeness (QED) is 0.703. The van der Waals surface area contributed by atoms with Gasteiger partial charge in [0, 0.05) is 5.02 Å². The van der Waals surface area contributed by atoms with Crippen LogP contribution in [0.5, 0.6) is 5.75 Å². The molecule has 130 valence electrons. The molecule has 0 unspecified atom stereocenters. The van der Waals surface area contributed by atoms with Gasteiger partial charge < -0.3 is 4.74 Å². The van der Waals surface area contributed by atoms with Crippen LogP contribution >= 0.6 is 22.9 Å². The third kappa shape index (κ3) is 3.74. The summed E-state index contributed by atoms with van der Waals surface area (Å²) in [5.41, 5.74) is 0.810. The van der Waals surface area contributed by atoms with Gasteiger partial charge in [0.15, 0.2) is 5.13 Å². The van der Waals surface area contributed by atoms with Gasteiger partial charge in [0.1, 0.15) is 5.75 Å². The van der Waals surface area contributed by atoms with Crippen molar-refractivity contribution in [1.29, 1.82) is 0 Å². The van der Waals surface area contributed by atoms with E-state index >= 15 is 0 Å². The summed E-state index contributed by atoms with van der Waals surface area (Å²) < 4.78 is 28.6. The van der Waals surface area contributed by atoms with E-state index < -0.39 is 15.9 Å². The number of amides is 1. The van der Waals surface area contributed by atoms with Crippen molar-refractivity contribution < 1.29 is 17.9 Å². The van der Waals surface area contributed by atoms with Crippen LogP contribution in [0, 0.1) is 0 Å². The van der Waals surface area contributed by atoms with Gasteiger partial charge in [-0.25, -0.2) is 18.5 Å². The Morgan fingerprint density at radius 1 is 1.28 bits per heavy atom. The van der Waals surface area contributed by atoms with Crippen molar-refractivity contribution in [3.63, 3.8) is 0 Å². The number of rotatable bonds is 4. The van der Waals surface area contributed by atoms with Crippen molar-refractivity contribution in [1.82, 2.24) is 4.98 Å². The maximum atomic E-state index is 12.5. The zero-order valence-corrected chi connectivity index (χ0v) is 15.2. The van der Waals surface area contributed by atoms with E-state index in [9.17, 15) is 13.2 Å². The van der Waals surface area contributed by atoms with Crippen LogP contribution in [0.3, 0.4) is 0 Å². The molecule has 1 aromatic heterocycles. The maximum absolute atomic E-state index is 12.5. The minimum Gasteiger partial charge on any atom is -0.496 e. The summed E-state index contributed by atoms with van der Waals surface area (Å²) in [4.78, 5) is 16.7. The molecule has 0 aliphatic heterocycles. The van der Waals surface area contributed by atoms with Crippen molar-refractivity contribution in [2.75, 3.05) is 12.4 Å². The van der Waals surface area contributed by atoms with Crippen molar-refractivity contribution in [2.45, 2.75) is 4.90 Å². The molecule has 0 aliphatic rings. The van der Waals surface area contributed by atoms with Crippen LogP contribution in [0.4, 0.5) is 5.13 Å². The van der Waals surface area contributed by atoms with E-state index in [0.717, 1.165) is 11.3 Å². The Hall–Kier alpha value is -2.20. The minimum absolute atomic E-state index is 0.0157. The molecule has 2 aromatic carbocycles. The number of methoxy groups -OCH3 is 1. The van der Waals surface area contributed by atoms with Gasteiger partial charge in [-0.2, -0.15) is 0 Å². The zero-order valence-electron chi connectivity index (χ0n) is 12.8. The van der Waals surface area contributed by atoms with Gasteiger partial charge in [0.05, 0.1) is 27.8 Å². The number of hydrogen-bond acceptors (Lipinski definition) is 6. The predicted octanol–water partition coefficient (Wildman–Crippen LogP) is 2.86. The Balaban J connectivity index is 1.93. The molecule has 0 fully saturated rings. The van der Waals surface area contributed by atoms with Crippen LogP contribution in [0.15, 0.2) is 41.3 Å². The van der Waals surface area contributed by atoms with Gasteiger partial charge in [-0.1, -0.05) is 22.9 Å². The second kappa shape index (κ2) is 6.60. The molecule has 0 aliphatic carbocycles. The number of carbonyl (C=O) groups excluding carboxylic acids is 1. The molecule has 0 bridgehead atoms. The summed E-state index contributed by atoms with van der Waals surface area (Å²) in [6.07, 6.45) is 0. The molecule has 1 heterocycles. The number of carbonyl (C=O) groups is 1. The average molecular weight is 398 g/mol. The van der Waals surface area contributed by atoms with Gasteiger partial charge in [-0.05, 0) is 36.4 Å². The summed E-state index contributed by atoms with van der Waals surface area (Å²) in [6, 6.07) is 9.00. The number of benzene rings is 2. The molecule has 0 saturated heterocycles. The Morgan fingerprint density at radius 2 is 2.04 bits per heavy atom. The van der Waals surface area contributed by atoms with Crippen LogP contribution < -0.4 is 15.2 Å². The van der Waals surface area contributed by atoms with Gasteiger partial charge in [-0.3, -0.25) is 10.1 Å². The molecular weight excluding hydrogens is 386 g/mol. The lowest BCUT2D eigenvalue weighted by atomic mass is 10.2. The molecule has 0 atom stereocenters. The molecule has 3 N–H and O–H groups in total. The van der Waals surface area contributed by atoms with Crippen molar-refractivity contribution in [2.24, 2.45) is 5.14 Å². The molecule has 7 nitrogen and oxygen atoms in total. The van der Waals surface area contributed by atoms with E-state index in [2.05, 4.69) is 10.3 Å². The first-order chi connectivity index (χ1) is 11.8. The number of nitrogens with two attached hydrogens (primary N) is 1. The average Bonchev–Trinajstić information content (AvgIpc) is 2.95. The first-order valence-corrected chi connectivity index (χ1v) is 9.60. The van der Waals surface area contributed by atoms with Gasteiger partial charge in [-0.15, -0.1) is 0 Å². The number of fused-ring (bicyclic) bond motifs is 1. The van der Waals surface area contributed by atoms with Crippen LogP contribution in [0.25, 0.3) is 10.2 Å². The largest absolute Gasteiger partial charge is 0.496 e. The fraction of sp³-hybridized carbons (Fsp3) is 0.0667. The highest BCUT2D eigenvalue weighted by Gasteiger charge is 2.16. The number of anilines is 1. The number of thiazole rings is 1. The van der Waals surface area contributed by atoms with E-state index in [1.807, 2.05) is 0 Å². The van der Waals surface area contributed by atoms with E-state index in [1.54, 1.807) is 12.1 Å². The smallest absolute Gasteiger partial charge is 0.261 e. The number of sulfonamides is 1. The molecule has 3 aromatic rings. The fourth-order valence-electron chi connectivity index (χ4n) is 2.16. The molecule has 3 rings (SSSR count). The number of nitrogens with one attached hydrogen (secondary N) is 1. The van der Waals surface area contributed by atoms with Gasteiger partial charge in [0.25, 0.3) is 5.91 Å². The predicted molar refractivity (Wildman–Crippen MR) is 97.0 cm³/mol. The van der Waals surface area contributed by atoms with E-state index in [4.69, 9.17) is 21.5 Å². The summed E-state index contributed by atoms with van der Waals surface area (Å²) in [6.45, 7) is 0. The first-order valence-electron chi connectivity index (χ1n) is 6.86. The Bertz CT molecular complexity index is 1080. The van der Waals surface area contributed by atoms with Crippen LogP contribution in [-0.4, -0.2) is 26.4 Å².